The first-order valence-electron chi connectivity index (χ1n) is 9.44. The Kier molecular flexibility index (Phi) is 5.88. The lowest BCUT2D eigenvalue weighted by atomic mass is 10.1. The summed E-state index contributed by atoms with van der Waals surface area (Å²) in [6, 6.07) is 6.17. The summed E-state index contributed by atoms with van der Waals surface area (Å²) in [6.07, 6.45) is 0.904. The lowest BCUT2D eigenvalue weighted by Crippen LogP contribution is -2.30. The molecule has 3 heterocycles. The molecule has 10 heteroatoms. The first-order chi connectivity index (χ1) is 14.3. The van der Waals surface area contributed by atoms with E-state index in [9.17, 15) is 18.0 Å². The van der Waals surface area contributed by atoms with Crippen molar-refractivity contribution >= 4 is 50.7 Å². The molecule has 1 N–H and O–H groups in total. The molecular weight excluding hydrogens is 433 g/mol. The van der Waals surface area contributed by atoms with Crippen molar-refractivity contribution < 1.29 is 18.0 Å². The Morgan fingerprint density at radius 1 is 1.13 bits per heavy atom. The van der Waals surface area contributed by atoms with Gasteiger partial charge in [-0.3, -0.25) is 4.79 Å². The number of carbonyl (C=O) groups excluding carboxylic acids is 1. The molecule has 1 aliphatic rings. The molecule has 0 bridgehead atoms. The van der Waals surface area contributed by atoms with E-state index in [1.165, 1.54) is 41.7 Å². The molecule has 0 radical (unpaired) electrons. The van der Waals surface area contributed by atoms with Gasteiger partial charge >= 0.3 is 6.18 Å². The van der Waals surface area contributed by atoms with Gasteiger partial charge in [0.15, 0.2) is 5.16 Å². The number of piperidine rings is 1. The fourth-order valence-electron chi connectivity index (χ4n) is 3.37. The van der Waals surface area contributed by atoms with Crippen molar-refractivity contribution in [1.82, 2.24) is 9.97 Å². The van der Waals surface area contributed by atoms with E-state index in [4.69, 9.17) is 0 Å². The highest BCUT2D eigenvalue weighted by atomic mass is 32.2. The van der Waals surface area contributed by atoms with Crippen LogP contribution in [-0.2, 0) is 6.18 Å². The number of anilines is 2. The van der Waals surface area contributed by atoms with Crippen LogP contribution in [-0.4, -0.2) is 35.2 Å². The molecule has 0 spiro atoms. The third kappa shape index (κ3) is 4.39. The van der Waals surface area contributed by atoms with Gasteiger partial charge in [-0.2, -0.15) is 13.2 Å². The molecule has 1 saturated heterocycles. The second kappa shape index (κ2) is 8.43. The molecule has 1 aliphatic heterocycles. The first kappa shape index (κ1) is 20.9. The van der Waals surface area contributed by atoms with E-state index in [2.05, 4.69) is 20.2 Å². The number of aromatic nitrogens is 2. The van der Waals surface area contributed by atoms with Crippen LogP contribution >= 0.6 is 23.1 Å². The van der Waals surface area contributed by atoms with Crippen LogP contribution in [0.15, 0.2) is 35.5 Å². The minimum atomic E-state index is -4.41. The third-order valence-corrected chi connectivity index (χ3v) is 6.46. The number of thioether (sulfide) groups is 1. The zero-order chi connectivity index (χ0) is 21.3. The monoisotopic (exact) mass is 452 g/mol. The fraction of sp³-hybridized carbons (Fsp3) is 0.350. The molecule has 2 aromatic heterocycles. The molecule has 158 valence electrons. The number of benzene rings is 1. The summed E-state index contributed by atoms with van der Waals surface area (Å²) in [6.45, 7) is 1.84. The number of nitrogens with zero attached hydrogens (tertiary/aromatic N) is 3. The van der Waals surface area contributed by atoms with E-state index in [1.54, 1.807) is 6.07 Å². The maximum absolute atomic E-state index is 12.7. The summed E-state index contributed by atoms with van der Waals surface area (Å²) < 4.78 is 38.1. The molecule has 0 aliphatic carbocycles. The lowest BCUT2D eigenvalue weighted by Gasteiger charge is -2.28. The van der Waals surface area contributed by atoms with E-state index in [-0.39, 0.29) is 5.91 Å². The number of alkyl halides is 3. The number of halogens is 3. The smallest absolute Gasteiger partial charge is 0.356 e. The lowest BCUT2D eigenvalue weighted by molar-refractivity contribution is -0.137. The number of fused-ring (bicyclic) bond motifs is 1. The highest BCUT2D eigenvalue weighted by Crippen LogP contribution is 2.34. The molecule has 30 heavy (non-hydrogen) atoms. The molecule has 1 aromatic carbocycles. The van der Waals surface area contributed by atoms with Crippen LogP contribution in [0, 0.1) is 0 Å². The molecule has 1 fully saturated rings. The second-order valence-electron chi connectivity index (χ2n) is 6.94. The summed E-state index contributed by atoms with van der Waals surface area (Å²) in [4.78, 5) is 25.3. The highest BCUT2D eigenvalue weighted by molar-refractivity contribution is 7.98. The minimum absolute atomic E-state index is 0.303. The normalized spacial score (nSPS) is 14.9. The van der Waals surface area contributed by atoms with E-state index < -0.39 is 11.7 Å². The van der Waals surface area contributed by atoms with E-state index in [0.717, 1.165) is 54.1 Å². The van der Waals surface area contributed by atoms with Gasteiger partial charge in [-0.25, -0.2) is 9.97 Å². The predicted octanol–water partition coefficient (Wildman–Crippen LogP) is 5.67. The van der Waals surface area contributed by atoms with Gasteiger partial charge in [0.05, 0.1) is 15.8 Å². The second-order valence-corrected chi connectivity index (χ2v) is 8.74. The molecule has 4 rings (SSSR count). The average molecular weight is 453 g/mol. The van der Waals surface area contributed by atoms with Crippen molar-refractivity contribution in [2.75, 3.05) is 29.6 Å². The van der Waals surface area contributed by atoms with Crippen molar-refractivity contribution in [3.8, 4) is 0 Å². The van der Waals surface area contributed by atoms with Gasteiger partial charge in [0.1, 0.15) is 10.6 Å². The average Bonchev–Trinajstić information content (AvgIpc) is 3.17. The molecule has 5 nitrogen and oxygen atoms in total. The Bertz CT molecular complexity index is 1060. The number of rotatable bonds is 4. The Morgan fingerprint density at radius 2 is 1.83 bits per heavy atom. The van der Waals surface area contributed by atoms with Gasteiger partial charge in [-0.1, -0.05) is 11.8 Å². The van der Waals surface area contributed by atoms with E-state index in [1.807, 2.05) is 6.26 Å². The molecule has 0 atom stereocenters. The molecule has 0 unspecified atom stereocenters. The third-order valence-electron chi connectivity index (χ3n) is 4.88. The Labute approximate surface area is 179 Å². The first-order valence-corrected chi connectivity index (χ1v) is 11.5. The van der Waals surface area contributed by atoms with Crippen molar-refractivity contribution in [1.29, 1.82) is 0 Å². The number of thiophene rings is 1. The zero-order valence-electron chi connectivity index (χ0n) is 16.1. The number of hydrogen-bond donors (Lipinski definition) is 1. The van der Waals surface area contributed by atoms with Crippen LogP contribution in [0.4, 0.5) is 24.7 Å². The Balaban J connectivity index is 1.61. The fourth-order valence-corrected chi connectivity index (χ4v) is 4.71. The molecule has 1 amide bonds. The summed E-state index contributed by atoms with van der Waals surface area (Å²) in [7, 11) is 0. The highest BCUT2D eigenvalue weighted by Gasteiger charge is 2.30. The Morgan fingerprint density at radius 3 is 2.47 bits per heavy atom. The van der Waals surface area contributed by atoms with Crippen molar-refractivity contribution in [3.05, 3.63) is 40.8 Å². The zero-order valence-corrected chi connectivity index (χ0v) is 17.8. The molecular formula is C20H19F3N4OS2. The number of carbonyl (C=O) groups is 1. The van der Waals surface area contributed by atoms with Crippen LogP contribution in [0.5, 0.6) is 0 Å². The van der Waals surface area contributed by atoms with Crippen molar-refractivity contribution in [2.45, 2.75) is 30.6 Å². The standard InChI is InChI=1S/C20H19F3N4OS2/c1-29-19-25-16(27-9-3-2-4-10-27)14-11-15(30-18(14)26-19)17(28)24-13-7-5-12(6-8-13)20(21,22)23/h5-8,11H,2-4,9-10H2,1H3,(H,24,28). The van der Waals surface area contributed by atoms with Gasteiger partial charge < -0.3 is 10.2 Å². The quantitative estimate of drug-likeness (QED) is 0.408. The number of nitrogens with one attached hydrogen (secondary N) is 1. The van der Waals surface area contributed by atoms with Crippen LogP contribution in [0.2, 0.25) is 0 Å². The van der Waals surface area contributed by atoms with E-state index >= 15 is 0 Å². The van der Waals surface area contributed by atoms with Crippen molar-refractivity contribution in [3.63, 3.8) is 0 Å². The van der Waals surface area contributed by atoms with Gasteiger partial charge in [0.2, 0.25) is 0 Å². The summed E-state index contributed by atoms with van der Waals surface area (Å²) in [5.41, 5.74) is -0.453. The maximum Gasteiger partial charge on any atom is 0.416 e. The van der Waals surface area contributed by atoms with Crippen molar-refractivity contribution in [2.24, 2.45) is 0 Å². The van der Waals surface area contributed by atoms with Gasteiger partial charge in [0, 0.05) is 18.8 Å². The minimum Gasteiger partial charge on any atom is -0.356 e. The van der Waals surface area contributed by atoms with Crippen LogP contribution < -0.4 is 10.2 Å². The van der Waals surface area contributed by atoms with Crippen LogP contribution in [0.1, 0.15) is 34.5 Å². The maximum atomic E-state index is 12.7. The molecule has 0 saturated carbocycles. The summed E-state index contributed by atoms with van der Waals surface area (Å²) in [5, 5.41) is 4.15. The largest absolute Gasteiger partial charge is 0.416 e. The molecule has 3 aromatic rings. The van der Waals surface area contributed by atoms with Gasteiger partial charge in [-0.15, -0.1) is 11.3 Å². The van der Waals surface area contributed by atoms with Crippen LogP contribution in [0.25, 0.3) is 10.2 Å². The van der Waals surface area contributed by atoms with Gasteiger partial charge in [0.25, 0.3) is 5.91 Å². The number of hydrogen-bond acceptors (Lipinski definition) is 6. The van der Waals surface area contributed by atoms with Gasteiger partial charge in [-0.05, 0) is 55.9 Å². The van der Waals surface area contributed by atoms with Crippen LogP contribution in [0.3, 0.4) is 0 Å². The summed E-state index contributed by atoms with van der Waals surface area (Å²) in [5.74, 6) is 0.460. The predicted molar refractivity (Wildman–Crippen MR) is 115 cm³/mol. The Hall–Kier alpha value is -2.33. The van der Waals surface area contributed by atoms with E-state index in [0.29, 0.717) is 15.7 Å². The number of amides is 1. The SMILES string of the molecule is CSc1nc(N2CCCCC2)c2cc(C(=O)Nc3ccc(C(F)(F)F)cc3)sc2n1. The topological polar surface area (TPSA) is 58.1 Å². The summed E-state index contributed by atoms with van der Waals surface area (Å²) >= 11 is 2.71.